The van der Waals surface area contributed by atoms with Gasteiger partial charge in [0.05, 0.1) is 12.1 Å². The summed E-state index contributed by atoms with van der Waals surface area (Å²) in [4.78, 5) is 80.5. The van der Waals surface area contributed by atoms with E-state index < -0.39 is 48.3 Å². The molecule has 0 aromatic carbocycles. The van der Waals surface area contributed by atoms with E-state index in [9.17, 15) is 38.8 Å². The van der Waals surface area contributed by atoms with Crippen LogP contribution in [0.15, 0.2) is 4.58 Å². The Hall–Kier alpha value is -3.08. The van der Waals surface area contributed by atoms with E-state index in [0.717, 1.165) is 18.6 Å². The van der Waals surface area contributed by atoms with Crippen LogP contribution >= 0.6 is 23.7 Å². The molecule has 2 aliphatic heterocycles. The molecule has 15 nitrogen and oxygen atoms in total. The molecule has 2 saturated heterocycles. The zero-order chi connectivity index (χ0) is 27.4. The van der Waals surface area contributed by atoms with E-state index in [1.165, 1.54) is 0 Å². The van der Waals surface area contributed by atoms with Crippen molar-refractivity contribution in [2.45, 2.75) is 67.9 Å². The topological polar surface area (TPSA) is 232 Å². The summed E-state index contributed by atoms with van der Waals surface area (Å²) in [5.41, 5.74) is 0. The number of aliphatic carboxylic acids is 2. The molecule has 0 aliphatic carbocycles. The van der Waals surface area contributed by atoms with Gasteiger partial charge in [0, 0.05) is 46.1 Å². The van der Waals surface area contributed by atoms with Crippen molar-refractivity contribution in [3.63, 3.8) is 0 Å². The van der Waals surface area contributed by atoms with Gasteiger partial charge in [0.2, 0.25) is 17.7 Å². The molecule has 5 atom stereocenters. The first-order chi connectivity index (χ1) is 17.6. The Morgan fingerprint density at radius 3 is 2.43 bits per heavy atom. The number of carbonyl (C=O) groups excluding carboxylic acids is 4. The van der Waals surface area contributed by atoms with Crippen LogP contribution in [-0.4, -0.2) is 93.4 Å². The van der Waals surface area contributed by atoms with Gasteiger partial charge in [-0.3, -0.25) is 19.2 Å². The van der Waals surface area contributed by atoms with Gasteiger partial charge in [0.1, 0.15) is 18.6 Å². The zero-order valence-corrected chi connectivity index (χ0v) is 21.4. The first-order valence-corrected chi connectivity index (χ1v) is 13.5. The minimum atomic E-state index is -1.32. The van der Waals surface area contributed by atoms with E-state index in [0.29, 0.717) is 18.4 Å². The summed E-state index contributed by atoms with van der Waals surface area (Å²) < 4.78 is 2.53. The fraction of sp³-hybridized carbons (Fsp3) is 0.700. The highest BCUT2D eigenvalue weighted by Gasteiger charge is 2.42. The normalized spacial score (nSPS) is 21.5. The number of fused-ring (bicyclic) bond motifs is 1. The molecule has 5 amide bonds. The van der Waals surface area contributed by atoms with Crippen molar-refractivity contribution in [1.82, 2.24) is 26.6 Å². The van der Waals surface area contributed by atoms with Crippen molar-refractivity contribution in [2.24, 2.45) is 4.58 Å². The van der Waals surface area contributed by atoms with Crippen LogP contribution in [-0.2, 0) is 24.0 Å². The van der Waals surface area contributed by atoms with Gasteiger partial charge in [0.25, 0.3) is 0 Å². The summed E-state index contributed by atoms with van der Waals surface area (Å²) in [6, 6.07) is -2.55. The van der Waals surface area contributed by atoms with Crippen LogP contribution in [0.5, 0.6) is 0 Å². The monoisotopic (exact) mass is 562 g/mol. The fourth-order valence-corrected chi connectivity index (χ4v) is 5.90. The van der Waals surface area contributed by atoms with E-state index >= 15 is 0 Å². The summed E-state index contributed by atoms with van der Waals surface area (Å²) in [5, 5.41) is 30.9. The molecule has 7 N–H and O–H groups in total. The van der Waals surface area contributed by atoms with Crippen molar-refractivity contribution in [3.05, 3.63) is 4.91 Å². The number of hydrogen-bond donors (Lipinski definition) is 7. The average molecular weight is 563 g/mol. The smallest absolute Gasteiger partial charge is 0.326 e. The number of amides is 5. The number of rotatable bonds is 17. The first kappa shape index (κ1) is 30.1. The molecule has 0 radical (unpaired) electrons. The highest BCUT2D eigenvalue weighted by atomic mass is 32.2. The molecule has 2 rings (SSSR count). The van der Waals surface area contributed by atoms with Crippen LogP contribution in [0.25, 0.3) is 0 Å². The SMILES string of the molecule is O=NSCC(NC(=O)CCC(NC(=O)CCCC[C@@H]1SC[C@@H]2NC(=O)N[C@@H]21)C(=O)O)C(=O)NCC(=O)O. The molecule has 2 aliphatic rings. The molecule has 0 aromatic rings. The van der Waals surface area contributed by atoms with Gasteiger partial charge >= 0.3 is 18.0 Å². The summed E-state index contributed by atoms with van der Waals surface area (Å²) in [7, 11) is 0. The molecule has 2 unspecified atom stereocenters. The Morgan fingerprint density at radius 2 is 1.76 bits per heavy atom. The number of nitrogens with one attached hydrogen (secondary N) is 5. The molecule has 0 spiro atoms. The zero-order valence-electron chi connectivity index (χ0n) is 19.8. The molecule has 206 valence electrons. The number of nitrogens with zero attached hydrogens (tertiary/aromatic N) is 1. The van der Waals surface area contributed by atoms with Crippen LogP contribution < -0.4 is 26.6 Å². The van der Waals surface area contributed by atoms with Crippen LogP contribution in [0, 0.1) is 4.91 Å². The molecule has 0 saturated carbocycles. The lowest BCUT2D eigenvalue weighted by molar-refractivity contribution is -0.142. The molecular weight excluding hydrogens is 532 g/mol. The van der Waals surface area contributed by atoms with Gasteiger partial charge in [-0.1, -0.05) is 6.42 Å². The van der Waals surface area contributed by atoms with E-state index in [2.05, 4.69) is 31.2 Å². The maximum Gasteiger partial charge on any atom is 0.326 e. The second-order valence-corrected chi connectivity index (χ2v) is 10.5. The largest absolute Gasteiger partial charge is 0.480 e. The Balaban J connectivity index is 1.72. The fourth-order valence-electron chi connectivity index (χ4n) is 3.91. The molecule has 2 heterocycles. The van der Waals surface area contributed by atoms with E-state index in [1.807, 2.05) is 0 Å². The number of urea groups is 1. The third-order valence-corrected chi connectivity index (χ3v) is 7.83. The molecule has 2 fully saturated rings. The number of carbonyl (C=O) groups is 6. The van der Waals surface area contributed by atoms with E-state index in [1.54, 1.807) is 11.8 Å². The standard InChI is InChI=1S/C20H30N6O9S2/c27-14(4-2-1-3-13-17-11(8-36-13)24-20(34)25-17)22-10(19(32)33)5-6-15(28)23-12(9-37-26-35)18(31)21-7-16(29)30/h10-13,17H,1-9H2,(H,21,31)(H,22,27)(H,23,28)(H,29,30)(H,32,33)(H2,24,25,34)/t10?,11-,12?,13-,17-/m0/s1. The second kappa shape index (κ2) is 15.2. The molecule has 0 aromatic heterocycles. The maximum absolute atomic E-state index is 12.2. The van der Waals surface area contributed by atoms with Crippen molar-refractivity contribution in [3.8, 4) is 0 Å². The second-order valence-electron chi connectivity index (χ2n) is 8.47. The van der Waals surface area contributed by atoms with Crippen molar-refractivity contribution in [2.75, 3.05) is 18.1 Å². The third kappa shape index (κ3) is 10.4. The van der Waals surface area contributed by atoms with Crippen molar-refractivity contribution in [1.29, 1.82) is 0 Å². The number of thioether (sulfide) groups is 1. The van der Waals surface area contributed by atoms with Gasteiger partial charge in [-0.05, 0) is 19.3 Å². The summed E-state index contributed by atoms with van der Waals surface area (Å²) in [5.74, 6) is -4.07. The quantitative estimate of drug-likeness (QED) is 0.0500. The Labute approximate surface area is 220 Å². The molecule has 0 bridgehead atoms. The molecule has 37 heavy (non-hydrogen) atoms. The highest BCUT2D eigenvalue weighted by Crippen LogP contribution is 2.33. The number of hydrogen-bond acceptors (Lipinski definition) is 10. The first-order valence-electron chi connectivity index (χ1n) is 11.5. The van der Waals surface area contributed by atoms with Gasteiger partial charge in [0.15, 0.2) is 0 Å². The van der Waals surface area contributed by atoms with Crippen LogP contribution in [0.1, 0.15) is 38.5 Å². The third-order valence-electron chi connectivity index (χ3n) is 5.73. The van der Waals surface area contributed by atoms with Crippen molar-refractivity contribution < 1.29 is 39.0 Å². The molecule has 17 heteroatoms. The lowest BCUT2D eigenvalue weighted by Gasteiger charge is -2.18. The minimum absolute atomic E-state index is 0.0741. The number of nitroso groups, excluding NO2 is 1. The Bertz CT molecular complexity index is 892. The molecular formula is C20H30N6O9S2. The lowest BCUT2D eigenvalue weighted by Crippen LogP contribution is -2.49. The lowest BCUT2D eigenvalue weighted by atomic mass is 10.0. The predicted octanol–water partition coefficient (Wildman–Crippen LogP) is -0.838. The van der Waals surface area contributed by atoms with Gasteiger partial charge in [-0.2, -0.15) is 11.8 Å². The summed E-state index contributed by atoms with van der Waals surface area (Å²) in [6.07, 6.45) is 1.58. The van der Waals surface area contributed by atoms with E-state index in [-0.39, 0.29) is 48.4 Å². The van der Waals surface area contributed by atoms with Crippen molar-refractivity contribution >= 4 is 59.4 Å². The minimum Gasteiger partial charge on any atom is -0.480 e. The van der Waals surface area contributed by atoms with Crippen LogP contribution in [0.4, 0.5) is 4.79 Å². The number of carboxylic acids is 2. The number of unbranched alkanes of at least 4 members (excludes halogenated alkanes) is 1. The highest BCUT2D eigenvalue weighted by molar-refractivity contribution is 8.00. The Kier molecular flexibility index (Phi) is 12.4. The predicted molar refractivity (Wildman–Crippen MR) is 134 cm³/mol. The van der Waals surface area contributed by atoms with Crippen LogP contribution in [0.2, 0.25) is 0 Å². The van der Waals surface area contributed by atoms with Gasteiger partial charge < -0.3 is 36.8 Å². The Morgan fingerprint density at radius 1 is 1.05 bits per heavy atom. The summed E-state index contributed by atoms with van der Waals surface area (Å²) >= 11 is 2.22. The van der Waals surface area contributed by atoms with Gasteiger partial charge in [-0.25, -0.2) is 9.59 Å². The van der Waals surface area contributed by atoms with E-state index in [4.69, 9.17) is 5.11 Å². The van der Waals surface area contributed by atoms with Gasteiger partial charge in [-0.15, -0.1) is 4.91 Å². The average Bonchev–Trinajstić information content (AvgIpc) is 3.39. The number of carboxylic acid groups (broad SMARTS) is 2. The maximum atomic E-state index is 12.2. The van der Waals surface area contributed by atoms with Crippen LogP contribution in [0.3, 0.4) is 0 Å². The summed E-state index contributed by atoms with van der Waals surface area (Å²) in [6.45, 7) is -0.689.